The number of benzene rings is 2. The van der Waals surface area contributed by atoms with Gasteiger partial charge in [0.25, 0.3) is 5.69 Å². The Balaban J connectivity index is 1.33. The summed E-state index contributed by atoms with van der Waals surface area (Å²) < 4.78 is 5.43. The Morgan fingerprint density at radius 3 is 2.60 bits per heavy atom. The zero-order valence-electron chi connectivity index (χ0n) is 16.8. The van der Waals surface area contributed by atoms with Crippen LogP contribution in [0.3, 0.4) is 0 Å². The monoisotopic (exact) mass is 408 g/mol. The number of nitro groups is 1. The number of anilines is 1. The number of non-ortho nitro benzene ring substituents is 1. The number of hydrogen-bond acceptors (Lipinski definition) is 6. The van der Waals surface area contributed by atoms with Crippen LogP contribution in [0, 0.1) is 10.1 Å². The van der Waals surface area contributed by atoms with Crippen LogP contribution in [0.2, 0.25) is 0 Å². The minimum absolute atomic E-state index is 0.0126. The van der Waals surface area contributed by atoms with Crippen molar-refractivity contribution in [2.24, 2.45) is 0 Å². The van der Waals surface area contributed by atoms with E-state index in [9.17, 15) is 14.9 Å². The fourth-order valence-corrected chi connectivity index (χ4v) is 3.82. The van der Waals surface area contributed by atoms with E-state index in [0.717, 1.165) is 22.4 Å². The van der Waals surface area contributed by atoms with Crippen LogP contribution in [0.4, 0.5) is 16.2 Å². The Hall–Kier alpha value is -3.39. The quantitative estimate of drug-likeness (QED) is 0.613. The third-order valence-electron chi connectivity index (χ3n) is 5.52. The Labute approximate surface area is 174 Å². The number of ether oxygens (including phenoxy) is 1. The summed E-state index contributed by atoms with van der Waals surface area (Å²) >= 11 is 0. The van der Waals surface area contributed by atoms with Gasteiger partial charge in [0.2, 0.25) is 0 Å². The maximum atomic E-state index is 12.4. The molecule has 1 amide bonds. The summed E-state index contributed by atoms with van der Waals surface area (Å²) in [5, 5.41) is 14.5. The highest BCUT2D eigenvalue weighted by Crippen LogP contribution is 2.33. The number of carbonyl (C=O) groups excluding carboxylic acids is 1. The summed E-state index contributed by atoms with van der Waals surface area (Å²) in [5.74, 6) is 0. The van der Waals surface area contributed by atoms with Gasteiger partial charge in [0.15, 0.2) is 0 Å². The van der Waals surface area contributed by atoms with E-state index in [2.05, 4.69) is 16.3 Å². The smallest absolute Gasteiger partial charge is 0.410 e. The third-order valence-corrected chi connectivity index (χ3v) is 5.52. The first-order chi connectivity index (χ1) is 14.5. The lowest BCUT2D eigenvalue weighted by Crippen LogP contribution is -2.53. The van der Waals surface area contributed by atoms with Crippen LogP contribution in [0.1, 0.15) is 18.1 Å². The van der Waals surface area contributed by atoms with Gasteiger partial charge in [-0.2, -0.15) is 0 Å². The number of nitrogens with zero attached hydrogens (tertiary/aromatic N) is 3. The van der Waals surface area contributed by atoms with Gasteiger partial charge in [0.1, 0.15) is 6.61 Å². The van der Waals surface area contributed by atoms with Crippen molar-refractivity contribution in [2.45, 2.75) is 19.7 Å². The lowest BCUT2D eigenvalue weighted by atomic mass is 9.99. The molecule has 0 spiro atoms. The van der Waals surface area contributed by atoms with Gasteiger partial charge in [-0.3, -0.25) is 15.0 Å². The molecule has 4 rings (SSSR count). The van der Waals surface area contributed by atoms with Crippen molar-refractivity contribution < 1.29 is 14.5 Å². The number of piperazine rings is 1. The average Bonchev–Trinajstić information content (AvgIpc) is 2.78. The van der Waals surface area contributed by atoms with E-state index in [1.54, 1.807) is 17.0 Å². The Morgan fingerprint density at radius 1 is 1.17 bits per heavy atom. The van der Waals surface area contributed by atoms with E-state index < -0.39 is 0 Å². The molecular weight excluding hydrogens is 384 g/mol. The summed E-state index contributed by atoms with van der Waals surface area (Å²) in [5.41, 5.74) is 3.79. The van der Waals surface area contributed by atoms with Gasteiger partial charge >= 0.3 is 6.09 Å². The Kier molecular flexibility index (Phi) is 5.67. The zero-order valence-corrected chi connectivity index (χ0v) is 16.8. The summed E-state index contributed by atoms with van der Waals surface area (Å²) in [4.78, 5) is 27.0. The molecule has 1 fully saturated rings. The van der Waals surface area contributed by atoms with Gasteiger partial charge in [-0.1, -0.05) is 30.3 Å². The number of nitro benzene ring substituents is 1. The molecule has 8 nitrogen and oxygen atoms in total. The van der Waals surface area contributed by atoms with Crippen LogP contribution in [-0.4, -0.2) is 53.2 Å². The molecule has 0 aliphatic carbocycles. The summed E-state index contributed by atoms with van der Waals surface area (Å²) in [7, 11) is 0. The molecule has 1 saturated heterocycles. The second-order valence-electron chi connectivity index (χ2n) is 7.49. The van der Waals surface area contributed by atoms with E-state index in [-0.39, 0.29) is 29.5 Å². The van der Waals surface area contributed by atoms with Crippen molar-refractivity contribution in [1.82, 2.24) is 9.80 Å². The highest BCUT2D eigenvalue weighted by molar-refractivity contribution is 5.80. The molecule has 0 aromatic heterocycles. The molecule has 156 valence electrons. The zero-order chi connectivity index (χ0) is 21.1. The van der Waals surface area contributed by atoms with Crippen molar-refractivity contribution in [3.63, 3.8) is 0 Å². The van der Waals surface area contributed by atoms with Gasteiger partial charge in [-0.25, -0.2) is 4.79 Å². The first kappa shape index (κ1) is 19.9. The average molecular weight is 408 g/mol. The molecule has 1 unspecified atom stereocenters. The molecule has 1 atom stereocenters. The Bertz CT molecular complexity index is 968. The Morgan fingerprint density at radius 2 is 1.90 bits per heavy atom. The first-order valence-corrected chi connectivity index (χ1v) is 9.95. The standard InChI is InChI=1S/C22H24N4O4/c1-16-13-21(23-20-8-7-18(26(28)29)14-19(16)20)24-9-11-25(12-10-24)22(27)30-15-17-5-3-2-4-6-17/h2-8,13-14,21,23H,9-12,15H2,1H3. The van der Waals surface area contributed by atoms with Gasteiger partial charge in [0, 0.05) is 49.6 Å². The van der Waals surface area contributed by atoms with E-state index >= 15 is 0 Å². The van der Waals surface area contributed by atoms with Crippen molar-refractivity contribution in [2.75, 3.05) is 31.5 Å². The first-order valence-electron chi connectivity index (χ1n) is 9.95. The highest BCUT2D eigenvalue weighted by atomic mass is 16.6. The number of fused-ring (bicyclic) bond motifs is 1. The number of hydrogen-bond donors (Lipinski definition) is 1. The van der Waals surface area contributed by atoms with Crippen LogP contribution >= 0.6 is 0 Å². The van der Waals surface area contributed by atoms with Crippen molar-refractivity contribution in [1.29, 1.82) is 0 Å². The molecule has 8 heteroatoms. The normalized spacial score (nSPS) is 18.8. The molecule has 0 radical (unpaired) electrons. The molecule has 2 aromatic carbocycles. The predicted octanol–water partition coefficient (Wildman–Crippen LogP) is 3.70. The summed E-state index contributed by atoms with van der Waals surface area (Å²) in [6, 6.07) is 14.5. The van der Waals surface area contributed by atoms with Gasteiger partial charge < -0.3 is 15.0 Å². The molecule has 0 saturated carbocycles. The van der Waals surface area contributed by atoms with Crippen LogP contribution < -0.4 is 5.32 Å². The van der Waals surface area contributed by atoms with Crippen LogP contribution in [-0.2, 0) is 11.3 Å². The molecule has 2 aliphatic heterocycles. The van der Waals surface area contributed by atoms with Crippen LogP contribution in [0.25, 0.3) is 5.57 Å². The van der Waals surface area contributed by atoms with E-state index in [0.29, 0.717) is 26.2 Å². The summed E-state index contributed by atoms with van der Waals surface area (Å²) in [6.45, 7) is 4.84. The number of carbonyl (C=O) groups is 1. The largest absolute Gasteiger partial charge is 0.445 e. The summed E-state index contributed by atoms with van der Waals surface area (Å²) in [6.07, 6.45) is 1.77. The molecule has 2 aromatic rings. The lowest BCUT2D eigenvalue weighted by Gasteiger charge is -2.40. The maximum Gasteiger partial charge on any atom is 0.410 e. The molecule has 0 bridgehead atoms. The molecular formula is C22H24N4O4. The van der Waals surface area contributed by atoms with E-state index in [1.807, 2.05) is 37.3 Å². The lowest BCUT2D eigenvalue weighted by molar-refractivity contribution is -0.384. The van der Waals surface area contributed by atoms with Gasteiger partial charge in [-0.05, 0) is 30.2 Å². The van der Waals surface area contributed by atoms with Gasteiger partial charge in [-0.15, -0.1) is 0 Å². The second-order valence-corrected chi connectivity index (χ2v) is 7.49. The molecule has 1 N–H and O–H groups in total. The fourth-order valence-electron chi connectivity index (χ4n) is 3.82. The van der Waals surface area contributed by atoms with Crippen molar-refractivity contribution in [3.8, 4) is 0 Å². The topological polar surface area (TPSA) is 88.0 Å². The minimum Gasteiger partial charge on any atom is -0.445 e. The highest BCUT2D eigenvalue weighted by Gasteiger charge is 2.28. The number of rotatable bonds is 4. The van der Waals surface area contributed by atoms with Crippen LogP contribution in [0.5, 0.6) is 0 Å². The number of nitrogens with one attached hydrogen (secondary N) is 1. The predicted molar refractivity (Wildman–Crippen MR) is 114 cm³/mol. The molecule has 2 aliphatic rings. The van der Waals surface area contributed by atoms with Crippen LogP contribution in [0.15, 0.2) is 54.6 Å². The maximum absolute atomic E-state index is 12.4. The van der Waals surface area contributed by atoms with E-state index in [4.69, 9.17) is 4.74 Å². The SMILES string of the molecule is CC1=CC(N2CCN(C(=O)OCc3ccccc3)CC2)Nc2ccc([N+](=O)[O-])cc21. The number of amides is 1. The third kappa shape index (κ3) is 4.28. The second kappa shape index (κ2) is 8.54. The fraction of sp³-hybridized carbons (Fsp3) is 0.318. The minimum atomic E-state index is -0.379. The molecule has 30 heavy (non-hydrogen) atoms. The van der Waals surface area contributed by atoms with Gasteiger partial charge in [0.05, 0.1) is 11.1 Å². The molecule has 2 heterocycles. The van der Waals surface area contributed by atoms with Crippen molar-refractivity contribution in [3.05, 3.63) is 75.8 Å². The number of allylic oxidation sites excluding steroid dienone is 1. The van der Waals surface area contributed by atoms with Crippen molar-refractivity contribution >= 4 is 23.0 Å². The van der Waals surface area contributed by atoms with E-state index in [1.165, 1.54) is 6.07 Å².